The van der Waals surface area contributed by atoms with Gasteiger partial charge in [-0.05, 0) is 24.5 Å². The zero-order valence-electron chi connectivity index (χ0n) is 11.3. The Morgan fingerprint density at radius 2 is 2.25 bits per heavy atom. The van der Waals surface area contributed by atoms with Crippen LogP contribution in [0.25, 0.3) is 0 Å². The molecule has 7 heteroatoms. The molecule has 20 heavy (non-hydrogen) atoms. The van der Waals surface area contributed by atoms with Gasteiger partial charge in [0, 0.05) is 30.7 Å². The van der Waals surface area contributed by atoms with Gasteiger partial charge < -0.3 is 15.4 Å². The summed E-state index contributed by atoms with van der Waals surface area (Å²) in [5.41, 5.74) is 0.465. The number of hydrogen-bond donors (Lipinski definition) is 2. The van der Waals surface area contributed by atoms with E-state index in [1.807, 2.05) is 0 Å². The summed E-state index contributed by atoms with van der Waals surface area (Å²) >= 11 is 1.28. The highest BCUT2D eigenvalue weighted by molar-refractivity contribution is 7.98. The molecule has 1 aliphatic heterocycles. The molecule has 0 saturated carbocycles. The maximum atomic E-state index is 13.4. The molecule has 0 aliphatic carbocycles. The van der Waals surface area contributed by atoms with E-state index in [0.717, 1.165) is 6.54 Å². The van der Waals surface area contributed by atoms with Gasteiger partial charge in [0.2, 0.25) is 0 Å². The minimum atomic E-state index is -0.304. The van der Waals surface area contributed by atoms with Crippen molar-refractivity contribution in [1.82, 2.24) is 10.6 Å². The van der Waals surface area contributed by atoms with E-state index in [1.54, 1.807) is 19.4 Å². The van der Waals surface area contributed by atoms with Crippen LogP contribution < -0.4 is 10.6 Å². The van der Waals surface area contributed by atoms with Crippen molar-refractivity contribution in [3.63, 3.8) is 0 Å². The monoisotopic (exact) mass is 320 g/mol. The van der Waals surface area contributed by atoms with E-state index < -0.39 is 0 Å². The number of ether oxygens (including phenoxy) is 1. The topological polar surface area (TPSA) is 50.4 Å². The molecule has 1 fully saturated rings. The predicted molar refractivity (Wildman–Crippen MR) is 80.3 cm³/mol. The first kappa shape index (κ1) is 17.2. The molecule has 2 rings (SSSR count). The van der Waals surface area contributed by atoms with Crippen LogP contribution in [0.1, 0.15) is 10.4 Å². The number of benzene rings is 1. The van der Waals surface area contributed by atoms with Crippen LogP contribution in [-0.4, -0.2) is 44.5 Å². The third-order valence-corrected chi connectivity index (χ3v) is 3.94. The fraction of sp³-hybridized carbons (Fsp3) is 0.462. The summed E-state index contributed by atoms with van der Waals surface area (Å²) in [5, 5.41) is 6.07. The largest absolute Gasteiger partial charge is 0.378 e. The van der Waals surface area contributed by atoms with Crippen molar-refractivity contribution < 1.29 is 13.9 Å². The lowest BCUT2D eigenvalue weighted by atomic mass is 10.1. The summed E-state index contributed by atoms with van der Waals surface area (Å²) in [4.78, 5) is 12.6. The second-order valence-electron chi connectivity index (χ2n) is 4.36. The van der Waals surface area contributed by atoms with Crippen molar-refractivity contribution >= 4 is 30.1 Å². The molecular weight excluding hydrogens is 303 g/mol. The molecule has 1 unspecified atom stereocenters. The summed E-state index contributed by atoms with van der Waals surface area (Å²) in [6.07, 6.45) is 1.76. The number of carbonyl (C=O) groups excluding carboxylic acids is 1. The lowest BCUT2D eigenvalue weighted by Crippen LogP contribution is -2.43. The van der Waals surface area contributed by atoms with Crippen LogP contribution in [-0.2, 0) is 4.74 Å². The zero-order valence-corrected chi connectivity index (χ0v) is 12.9. The molecule has 0 radical (unpaired) electrons. The van der Waals surface area contributed by atoms with Crippen LogP contribution in [0.5, 0.6) is 0 Å². The molecule has 1 aromatic rings. The smallest absolute Gasteiger partial charge is 0.251 e. The highest BCUT2D eigenvalue weighted by Crippen LogP contribution is 2.20. The molecule has 1 aromatic carbocycles. The normalized spacial score (nSPS) is 21.4. The highest BCUT2D eigenvalue weighted by Gasteiger charge is 2.28. The summed E-state index contributed by atoms with van der Waals surface area (Å²) < 4.78 is 18.7. The maximum Gasteiger partial charge on any atom is 0.251 e. The molecule has 0 aromatic heterocycles. The van der Waals surface area contributed by atoms with Crippen LogP contribution in [0.2, 0.25) is 0 Å². The van der Waals surface area contributed by atoms with Crippen molar-refractivity contribution in [1.29, 1.82) is 0 Å². The predicted octanol–water partition coefficient (Wildman–Crippen LogP) is 1.69. The van der Waals surface area contributed by atoms with Crippen molar-refractivity contribution in [2.75, 3.05) is 26.5 Å². The average molecular weight is 321 g/mol. The molecule has 1 heterocycles. The minimum absolute atomic E-state index is 0. The van der Waals surface area contributed by atoms with Gasteiger partial charge in [-0.25, -0.2) is 4.39 Å². The Balaban J connectivity index is 0.00000200. The molecule has 112 valence electrons. The van der Waals surface area contributed by atoms with Crippen LogP contribution >= 0.6 is 24.2 Å². The van der Waals surface area contributed by atoms with Gasteiger partial charge in [-0.15, -0.1) is 24.2 Å². The van der Waals surface area contributed by atoms with Crippen LogP contribution in [0.15, 0.2) is 23.1 Å². The van der Waals surface area contributed by atoms with E-state index in [0.29, 0.717) is 17.0 Å². The fourth-order valence-corrected chi connectivity index (χ4v) is 2.61. The first-order chi connectivity index (χ1) is 9.15. The maximum absolute atomic E-state index is 13.4. The fourth-order valence-electron chi connectivity index (χ4n) is 2.10. The molecule has 1 amide bonds. The molecule has 4 nitrogen and oxygen atoms in total. The van der Waals surface area contributed by atoms with Gasteiger partial charge in [0.15, 0.2) is 0 Å². The van der Waals surface area contributed by atoms with Gasteiger partial charge in [-0.2, -0.15) is 0 Å². The quantitative estimate of drug-likeness (QED) is 0.829. The van der Waals surface area contributed by atoms with Gasteiger partial charge in [-0.1, -0.05) is 0 Å². The molecule has 0 bridgehead atoms. The van der Waals surface area contributed by atoms with E-state index in [-0.39, 0.29) is 36.3 Å². The molecular formula is C13H18ClFN2O2S. The Morgan fingerprint density at radius 1 is 1.50 bits per heavy atom. The average Bonchev–Trinajstić information content (AvgIpc) is 2.86. The Bertz CT molecular complexity index is 476. The highest BCUT2D eigenvalue weighted by atomic mass is 35.5. The second kappa shape index (κ2) is 7.83. The number of methoxy groups -OCH3 is 1. The van der Waals surface area contributed by atoms with Crippen LogP contribution in [0.4, 0.5) is 4.39 Å². The molecule has 1 aliphatic rings. The third-order valence-electron chi connectivity index (χ3n) is 3.19. The number of nitrogens with one attached hydrogen (secondary N) is 2. The first-order valence-corrected chi connectivity index (χ1v) is 7.26. The van der Waals surface area contributed by atoms with Crippen molar-refractivity contribution in [3.05, 3.63) is 29.6 Å². The van der Waals surface area contributed by atoms with Crippen molar-refractivity contribution in [2.24, 2.45) is 0 Å². The van der Waals surface area contributed by atoms with Gasteiger partial charge in [0.05, 0.1) is 12.1 Å². The first-order valence-electron chi connectivity index (χ1n) is 6.03. The summed E-state index contributed by atoms with van der Waals surface area (Å²) in [7, 11) is 1.63. The molecule has 2 N–H and O–H groups in total. The number of thioether (sulfide) groups is 1. The van der Waals surface area contributed by atoms with Gasteiger partial charge >= 0.3 is 0 Å². The minimum Gasteiger partial charge on any atom is -0.378 e. The Morgan fingerprint density at radius 3 is 2.90 bits per heavy atom. The van der Waals surface area contributed by atoms with E-state index in [2.05, 4.69) is 10.6 Å². The Labute approximate surface area is 128 Å². The number of halogens is 2. The van der Waals surface area contributed by atoms with Gasteiger partial charge in [0.25, 0.3) is 5.91 Å². The van der Waals surface area contributed by atoms with Crippen molar-refractivity contribution in [2.45, 2.75) is 17.0 Å². The SMILES string of the molecule is CO[C@H]1CNCC1NC(=O)c1ccc(F)c(SC)c1.Cl. The summed E-state index contributed by atoms with van der Waals surface area (Å²) in [6, 6.07) is 4.33. The third kappa shape index (κ3) is 3.85. The number of rotatable bonds is 4. The van der Waals surface area contributed by atoms with E-state index in [4.69, 9.17) is 4.74 Å². The lowest BCUT2D eigenvalue weighted by molar-refractivity contribution is 0.0779. The van der Waals surface area contributed by atoms with E-state index in [1.165, 1.54) is 23.9 Å². The zero-order chi connectivity index (χ0) is 13.8. The van der Waals surface area contributed by atoms with Crippen molar-refractivity contribution in [3.8, 4) is 0 Å². The summed E-state index contributed by atoms with van der Waals surface area (Å²) in [5.74, 6) is -0.507. The van der Waals surface area contributed by atoms with E-state index in [9.17, 15) is 9.18 Å². The standard InChI is InChI=1S/C13H17FN2O2S.ClH/c1-18-11-7-15-6-10(11)16-13(17)8-3-4-9(14)12(5-8)19-2;/h3-5,10-11,15H,6-7H2,1-2H3,(H,16,17);1H/t10?,11-;/m0./s1. The number of hydrogen-bond acceptors (Lipinski definition) is 4. The van der Waals surface area contributed by atoms with Gasteiger partial charge in [-0.3, -0.25) is 4.79 Å². The van der Waals surface area contributed by atoms with Gasteiger partial charge in [0.1, 0.15) is 5.82 Å². The van der Waals surface area contributed by atoms with Crippen LogP contribution in [0.3, 0.4) is 0 Å². The molecule has 0 spiro atoms. The van der Waals surface area contributed by atoms with Crippen LogP contribution in [0, 0.1) is 5.82 Å². The lowest BCUT2D eigenvalue weighted by Gasteiger charge is -2.18. The number of amides is 1. The molecule has 1 saturated heterocycles. The van der Waals surface area contributed by atoms with E-state index >= 15 is 0 Å². The molecule has 2 atom stereocenters. The Hall–Kier alpha value is -0.820. The number of carbonyl (C=O) groups is 1. The Kier molecular flexibility index (Phi) is 6.75. The second-order valence-corrected chi connectivity index (χ2v) is 5.21. The summed E-state index contributed by atoms with van der Waals surface area (Å²) in [6.45, 7) is 1.40.